The summed E-state index contributed by atoms with van der Waals surface area (Å²) < 4.78 is 0. The summed E-state index contributed by atoms with van der Waals surface area (Å²) in [5.74, 6) is 0.416. The van der Waals surface area contributed by atoms with Crippen molar-refractivity contribution >= 4 is 34.4 Å². The van der Waals surface area contributed by atoms with Crippen LogP contribution in [0, 0.1) is 10.1 Å². The van der Waals surface area contributed by atoms with Crippen LogP contribution < -0.4 is 5.32 Å². The molecule has 19 heavy (non-hydrogen) atoms. The molecular formula is C12H12ClN3O2S. The van der Waals surface area contributed by atoms with E-state index in [9.17, 15) is 10.1 Å². The fraction of sp³-hybridized carbons (Fsp3) is 0.250. The van der Waals surface area contributed by atoms with Crippen molar-refractivity contribution in [1.29, 1.82) is 0 Å². The lowest BCUT2D eigenvalue weighted by Crippen LogP contribution is -2.09. The summed E-state index contributed by atoms with van der Waals surface area (Å²) in [5, 5.41) is 16.1. The predicted molar refractivity (Wildman–Crippen MR) is 76.9 cm³/mol. The van der Waals surface area contributed by atoms with Crippen molar-refractivity contribution in [2.45, 2.75) is 19.4 Å². The highest BCUT2D eigenvalue weighted by Gasteiger charge is 2.14. The molecule has 0 saturated heterocycles. The van der Waals surface area contributed by atoms with E-state index in [-0.39, 0.29) is 16.9 Å². The normalized spacial score (nSPS) is 12.1. The number of hydrogen-bond acceptors (Lipinski definition) is 5. The molecule has 0 radical (unpaired) electrons. The van der Waals surface area contributed by atoms with Gasteiger partial charge in [0, 0.05) is 4.88 Å². The van der Waals surface area contributed by atoms with Crippen LogP contribution in [0.25, 0.3) is 0 Å². The number of pyridine rings is 1. The molecule has 2 aromatic rings. The van der Waals surface area contributed by atoms with E-state index in [1.165, 1.54) is 12.1 Å². The van der Waals surface area contributed by atoms with Gasteiger partial charge in [0.25, 0.3) is 5.69 Å². The second-order valence-corrected chi connectivity index (χ2v) is 5.28. The van der Waals surface area contributed by atoms with Crippen molar-refractivity contribution < 1.29 is 4.92 Å². The average molecular weight is 298 g/mol. The molecule has 7 heteroatoms. The van der Waals surface area contributed by atoms with Crippen LogP contribution in [0.2, 0.25) is 5.15 Å². The Morgan fingerprint density at radius 3 is 2.95 bits per heavy atom. The zero-order chi connectivity index (χ0) is 13.8. The van der Waals surface area contributed by atoms with Gasteiger partial charge in [-0.25, -0.2) is 4.98 Å². The minimum absolute atomic E-state index is 0.0662. The van der Waals surface area contributed by atoms with Gasteiger partial charge in [0.1, 0.15) is 11.0 Å². The summed E-state index contributed by atoms with van der Waals surface area (Å²) in [7, 11) is 0. The van der Waals surface area contributed by atoms with E-state index in [1.807, 2.05) is 24.4 Å². The van der Waals surface area contributed by atoms with Crippen LogP contribution in [0.4, 0.5) is 11.5 Å². The number of nitro groups is 1. The van der Waals surface area contributed by atoms with Gasteiger partial charge in [-0.05, 0) is 17.9 Å². The molecule has 0 bridgehead atoms. The van der Waals surface area contributed by atoms with Crippen molar-refractivity contribution in [2.75, 3.05) is 5.32 Å². The Hall–Kier alpha value is -1.66. The molecule has 2 rings (SSSR count). The molecule has 1 N–H and O–H groups in total. The molecular weight excluding hydrogens is 286 g/mol. The molecule has 1 atom stereocenters. The molecule has 0 aliphatic carbocycles. The number of anilines is 1. The lowest BCUT2D eigenvalue weighted by molar-refractivity contribution is -0.384. The molecule has 5 nitrogen and oxygen atoms in total. The Labute approximate surface area is 119 Å². The van der Waals surface area contributed by atoms with Crippen LogP contribution in [0.1, 0.15) is 24.3 Å². The van der Waals surface area contributed by atoms with Crippen molar-refractivity contribution in [3.63, 3.8) is 0 Å². The second-order valence-electron chi connectivity index (χ2n) is 3.91. The van der Waals surface area contributed by atoms with Crippen molar-refractivity contribution in [3.05, 3.63) is 49.8 Å². The molecule has 100 valence electrons. The first kappa shape index (κ1) is 13.8. The summed E-state index contributed by atoms with van der Waals surface area (Å²) in [6, 6.07) is 6.69. The van der Waals surface area contributed by atoms with E-state index in [1.54, 1.807) is 11.3 Å². The van der Waals surface area contributed by atoms with Gasteiger partial charge >= 0.3 is 0 Å². The third-order valence-corrected chi connectivity index (χ3v) is 3.79. The molecule has 0 aliphatic rings. The van der Waals surface area contributed by atoms with E-state index >= 15 is 0 Å². The molecule has 0 saturated carbocycles. The fourth-order valence-corrected chi connectivity index (χ4v) is 2.77. The minimum atomic E-state index is -0.481. The third kappa shape index (κ3) is 3.42. The Bertz CT molecular complexity index is 574. The molecule has 2 heterocycles. The summed E-state index contributed by atoms with van der Waals surface area (Å²) in [6.45, 7) is 2.04. The highest BCUT2D eigenvalue weighted by atomic mass is 35.5. The second kappa shape index (κ2) is 5.99. The van der Waals surface area contributed by atoms with Gasteiger partial charge in [-0.1, -0.05) is 24.6 Å². The number of thiophene rings is 1. The van der Waals surface area contributed by atoms with Gasteiger partial charge in [0.2, 0.25) is 0 Å². The quantitative estimate of drug-likeness (QED) is 0.508. The number of hydrogen-bond donors (Lipinski definition) is 1. The number of rotatable bonds is 5. The first-order chi connectivity index (χ1) is 9.10. The molecule has 1 unspecified atom stereocenters. The third-order valence-electron chi connectivity index (χ3n) is 2.61. The van der Waals surface area contributed by atoms with Crippen LogP contribution >= 0.6 is 22.9 Å². The SMILES string of the molecule is CCC(Nc1cc([N+](=O)[O-])cc(Cl)n1)c1cccs1. The van der Waals surface area contributed by atoms with Gasteiger partial charge in [-0.2, -0.15) is 0 Å². The first-order valence-electron chi connectivity index (χ1n) is 5.72. The van der Waals surface area contributed by atoms with Gasteiger partial charge in [0.15, 0.2) is 0 Å². The molecule has 0 fully saturated rings. The zero-order valence-electron chi connectivity index (χ0n) is 10.2. The topological polar surface area (TPSA) is 68.1 Å². The van der Waals surface area contributed by atoms with Crippen LogP contribution in [-0.4, -0.2) is 9.91 Å². The molecule has 0 aliphatic heterocycles. The van der Waals surface area contributed by atoms with Crippen LogP contribution in [0.15, 0.2) is 29.6 Å². The van der Waals surface area contributed by atoms with Crippen LogP contribution in [0.3, 0.4) is 0 Å². The van der Waals surface area contributed by atoms with Crippen LogP contribution in [-0.2, 0) is 0 Å². The van der Waals surface area contributed by atoms with E-state index in [0.29, 0.717) is 5.82 Å². The first-order valence-corrected chi connectivity index (χ1v) is 6.98. The van der Waals surface area contributed by atoms with Gasteiger partial charge in [-0.3, -0.25) is 10.1 Å². The maximum atomic E-state index is 10.8. The number of halogens is 1. The Morgan fingerprint density at radius 1 is 1.58 bits per heavy atom. The summed E-state index contributed by atoms with van der Waals surface area (Å²) in [5.41, 5.74) is -0.0662. The number of nitrogens with zero attached hydrogens (tertiary/aromatic N) is 2. The van der Waals surface area contributed by atoms with Crippen molar-refractivity contribution in [2.24, 2.45) is 0 Å². The number of nitrogens with one attached hydrogen (secondary N) is 1. The zero-order valence-corrected chi connectivity index (χ0v) is 11.7. The van der Waals surface area contributed by atoms with Gasteiger partial charge in [0.05, 0.1) is 23.1 Å². The van der Waals surface area contributed by atoms with Gasteiger partial charge in [-0.15, -0.1) is 11.3 Å². The van der Waals surface area contributed by atoms with Crippen molar-refractivity contribution in [3.8, 4) is 0 Å². The lowest BCUT2D eigenvalue weighted by Gasteiger charge is -2.16. The summed E-state index contributed by atoms with van der Waals surface area (Å²) in [4.78, 5) is 15.5. The summed E-state index contributed by atoms with van der Waals surface area (Å²) >= 11 is 7.43. The molecule has 0 amide bonds. The van der Waals surface area contributed by atoms with E-state index in [0.717, 1.165) is 11.3 Å². The highest BCUT2D eigenvalue weighted by molar-refractivity contribution is 7.10. The average Bonchev–Trinajstić information content (AvgIpc) is 2.89. The van der Waals surface area contributed by atoms with Crippen molar-refractivity contribution in [1.82, 2.24) is 4.98 Å². The molecule has 0 spiro atoms. The highest BCUT2D eigenvalue weighted by Crippen LogP contribution is 2.28. The van der Waals surface area contributed by atoms with E-state index in [4.69, 9.17) is 11.6 Å². The molecule has 2 aromatic heterocycles. The smallest absolute Gasteiger partial charge is 0.276 e. The lowest BCUT2D eigenvalue weighted by atomic mass is 10.2. The Balaban J connectivity index is 2.24. The minimum Gasteiger partial charge on any atom is -0.362 e. The van der Waals surface area contributed by atoms with Gasteiger partial charge < -0.3 is 5.32 Å². The van der Waals surface area contributed by atoms with E-state index in [2.05, 4.69) is 10.3 Å². The maximum Gasteiger partial charge on any atom is 0.276 e. The predicted octanol–water partition coefficient (Wildman–Crippen LogP) is 4.27. The standard InChI is InChI=1S/C12H12ClN3O2S/c1-2-9(10-4-3-5-19-10)14-12-7-8(16(17)18)6-11(13)15-12/h3-7,9H,2H2,1H3,(H,14,15). The van der Waals surface area contributed by atoms with E-state index < -0.39 is 4.92 Å². The Morgan fingerprint density at radius 2 is 2.37 bits per heavy atom. The van der Waals surface area contributed by atoms with Crippen LogP contribution in [0.5, 0.6) is 0 Å². The monoisotopic (exact) mass is 297 g/mol. The summed E-state index contributed by atoms with van der Waals surface area (Å²) in [6.07, 6.45) is 0.850. The fourth-order valence-electron chi connectivity index (χ4n) is 1.71. The Kier molecular flexibility index (Phi) is 4.34. The molecule has 0 aromatic carbocycles. The largest absolute Gasteiger partial charge is 0.362 e. The number of aromatic nitrogens is 1. The maximum absolute atomic E-state index is 10.8.